The lowest BCUT2D eigenvalue weighted by atomic mass is 10.0. The predicted octanol–water partition coefficient (Wildman–Crippen LogP) is 3.69. The molecule has 0 aromatic heterocycles. The van der Waals surface area contributed by atoms with E-state index in [1.54, 1.807) is 4.90 Å². The highest BCUT2D eigenvalue weighted by molar-refractivity contribution is 5.93. The zero-order valence-corrected chi connectivity index (χ0v) is 12.3. The van der Waals surface area contributed by atoms with E-state index >= 15 is 0 Å². The Labute approximate surface area is 125 Å². The monoisotopic (exact) mass is 280 g/mol. The third-order valence-electron chi connectivity index (χ3n) is 3.93. The van der Waals surface area contributed by atoms with Gasteiger partial charge in [-0.2, -0.15) is 0 Å². The molecular formula is C18H20N2O. The average Bonchev–Trinajstić information content (AvgIpc) is 2.54. The lowest BCUT2D eigenvalue weighted by molar-refractivity contribution is 0.213. The Kier molecular flexibility index (Phi) is 3.91. The molecule has 3 nitrogen and oxygen atoms in total. The molecule has 0 N–H and O–H groups in total. The Balaban J connectivity index is 1.77. The number of anilines is 1. The van der Waals surface area contributed by atoms with Crippen molar-refractivity contribution in [1.29, 1.82) is 0 Å². The zero-order chi connectivity index (χ0) is 14.7. The van der Waals surface area contributed by atoms with Crippen LogP contribution in [0.25, 0.3) is 0 Å². The first kappa shape index (κ1) is 13.7. The van der Waals surface area contributed by atoms with Crippen LogP contribution in [0.1, 0.15) is 17.5 Å². The van der Waals surface area contributed by atoms with Gasteiger partial charge in [0.15, 0.2) is 0 Å². The van der Waals surface area contributed by atoms with Crippen molar-refractivity contribution in [2.24, 2.45) is 0 Å². The van der Waals surface area contributed by atoms with Gasteiger partial charge in [0, 0.05) is 25.8 Å². The van der Waals surface area contributed by atoms with E-state index in [0.717, 1.165) is 30.6 Å². The van der Waals surface area contributed by atoms with Crippen molar-refractivity contribution in [3.8, 4) is 0 Å². The Morgan fingerprint density at radius 1 is 1.10 bits per heavy atom. The zero-order valence-electron chi connectivity index (χ0n) is 12.3. The number of hydrogen-bond acceptors (Lipinski definition) is 1. The van der Waals surface area contributed by atoms with Crippen molar-refractivity contribution < 1.29 is 4.79 Å². The van der Waals surface area contributed by atoms with E-state index in [1.807, 2.05) is 60.5 Å². The van der Waals surface area contributed by atoms with Gasteiger partial charge in [-0.3, -0.25) is 4.90 Å². The normalized spacial score (nSPS) is 13.7. The fourth-order valence-electron chi connectivity index (χ4n) is 2.86. The third-order valence-corrected chi connectivity index (χ3v) is 3.93. The van der Waals surface area contributed by atoms with Crippen LogP contribution in [0.3, 0.4) is 0 Å². The van der Waals surface area contributed by atoms with E-state index in [2.05, 4.69) is 6.07 Å². The minimum atomic E-state index is 0.0750. The molecule has 21 heavy (non-hydrogen) atoms. The summed E-state index contributed by atoms with van der Waals surface area (Å²) in [5.74, 6) is 0. The van der Waals surface area contributed by atoms with Crippen LogP contribution < -0.4 is 4.90 Å². The van der Waals surface area contributed by atoms with Crippen molar-refractivity contribution in [2.75, 3.05) is 18.5 Å². The van der Waals surface area contributed by atoms with Crippen LogP contribution >= 0.6 is 0 Å². The Morgan fingerprint density at radius 3 is 2.62 bits per heavy atom. The van der Waals surface area contributed by atoms with E-state index in [4.69, 9.17) is 0 Å². The first-order valence-corrected chi connectivity index (χ1v) is 7.40. The minimum absolute atomic E-state index is 0.0750. The molecule has 0 bridgehead atoms. The SMILES string of the molecule is CN(Cc1ccccc1)C(=O)N1CCCc2ccccc21. The topological polar surface area (TPSA) is 23.6 Å². The number of benzene rings is 2. The molecule has 1 aliphatic heterocycles. The molecule has 0 aliphatic carbocycles. The number of nitrogens with zero attached hydrogens (tertiary/aromatic N) is 2. The number of amides is 2. The number of rotatable bonds is 2. The van der Waals surface area contributed by atoms with Gasteiger partial charge in [-0.05, 0) is 30.0 Å². The molecule has 0 fully saturated rings. The molecule has 2 aromatic rings. The summed E-state index contributed by atoms with van der Waals surface area (Å²) in [4.78, 5) is 16.4. The Morgan fingerprint density at radius 2 is 1.81 bits per heavy atom. The fraction of sp³-hybridized carbons (Fsp3) is 0.278. The smallest absolute Gasteiger partial charge is 0.323 e. The lowest BCUT2D eigenvalue weighted by Gasteiger charge is -2.32. The quantitative estimate of drug-likeness (QED) is 0.823. The molecule has 1 heterocycles. The second kappa shape index (κ2) is 6.00. The molecular weight excluding hydrogens is 260 g/mol. The largest absolute Gasteiger partial charge is 0.324 e. The number of para-hydroxylation sites is 1. The maximum atomic E-state index is 12.7. The predicted molar refractivity (Wildman–Crippen MR) is 85.4 cm³/mol. The summed E-state index contributed by atoms with van der Waals surface area (Å²) in [6.07, 6.45) is 2.09. The highest BCUT2D eigenvalue weighted by Gasteiger charge is 2.24. The van der Waals surface area contributed by atoms with E-state index in [-0.39, 0.29) is 6.03 Å². The van der Waals surface area contributed by atoms with Gasteiger partial charge < -0.3 is 4.90 Å². The summed E-state index contributed by atoms with van der Waals surface area (Å²) in [5, 5.41) is 0. The van der Waals surface area contributed by atoms with Crippen molar-refractivity contribution in [3.05, 3.63) is 65.7 Å². The van der Waals surface area contributed by atoms with Crippen molar-refractivity contribution in [1.82, 2.24) is 4.90 Å². The van der Waals surface area contributed by atoms with Crippen LogP contribution in [0.4, 0.5) is 10.5 Å². The van der Waals surface area contributed by atoms with Gasteiger partial charge in [-0.1, -0.05) is 48.5 Å². The van der Waals surface area contributed by atoms with Crippen LogP contribution in [-0.4, -0.2) is 24.5 Å². The number of aryl methyl sites for hydroxylation is 1. The average molecular weight is 280 g/mol. The first-order chi connectivity index (χ1) is 10.3. The van der Waals surface area contributed by atoms with E-state index in [0.29, 0.717) is 6.54 Å². The summed E-state index contributed by atoms with van der Waals surface area (Å²) < 4.78 is 0. The van der Waals surface area contributed by atoms with E-state index < -0.39 is 0 Å². The molecule has 2 amide bonds. The molecule has 0 saturated heterocycles. The lowest BCUT2D eigenvalue weighted by Crippen LogP contribution is -2.43. The maximum Gasteiger partial charge on any atom is 0.324 e. The Hall–Kier alpha value is -2.29. The molecule has 3 rings (SSSR count). The van der Waals surface area contributed by atoms with Crippen molar-refractivity contribution >= 4 is 11.7 Å². The van der Waals surface area contributed by atoms with Crippen molar-refractivity contribution in [2.45, 2.75) is 19.4 Å². The highest BCUT2D eigenvalue weighted by Crippen LogP contribution is 2.27. The number of hydrogen-bond donors (Lipinski definition) is 0. The molecule has 108 valence electrons. The summed E-state index contributed by atoms with van der Waals surface area (Å²) in [7, 11) is 1.87. The van der Waals surface area contributed by atoms with Crippen molar-refractivity contribution in [3.63, 3.8) is 0 Å². The van der Waals surface area contributed by atoms with Gasteiger partial charge in [0.05, 0.1) is 0 Å². The Bertz CT molecular complexity index is 624. The number of urea groups is 1. The van der Waals surface area contributed by atoms with Gasteiger partial charge in [0.1, 0.15) is 0 Å². The standard InChI is InChI=1S/C18H20N2O/c1-19(14-15-8-3-2-4-9-15)18(21)20-13-7-11-16-10-5-6-12-17(16)20/h2-6,8-10,12H,7,11,13-14H2,1H3. The number of fused-ring (bicyclic) bond motifs is 1. The molecule has 0 spiro atoms. The van der Waals surface area contributed by atoms with Crippen LogP contribution in [0.5, 0.6) is 0 Å². The number of carbonyl (C=O) groups is 1. The molecule has 0 saturated carbocycles. The van der Waals surface area contributed by atoms with Gasteiger partial charge in [-0.15, -0.1) is 0 Å². The molecule has 2 aromatic carbocycles. The molecule has 0 atom stereocenters. The van der Waals surface area contributed by atoms with Gasteiger partial charge in [0.25, 0.3) is 0 Å². The van der Waals surface area contributed by atoms with Gasteiger partial charge in [-0.25, -0.2) is 4.79 Å². The molecule has 3 heteroatoms. The van der Waals surface area contributed by atoms with Crippen LogP contribution in [0, 0.1) is 0 Å². The van der Waals surface area contributed by atoms with Gasteiger partial charge >= 0.3 is 6.03 Å². The summed E-state index contributed by atoms with van der Waals surface area (Å²) in [5.41, 5.74) is 3.48. The molecule has 1 aliphatic rings. The second-order valence-corrected chi connectivity index (χ2v) is 5.51. The maximum absolute atomic E-state index is 12.7. The summed E-state index contributed by atoms with van der Waals surface area (Å²) in [6, 6.07) is 18.4. The number of carbonyl (C=O) groups excluding carboxylic acids is 1. The molecule has 0 unspecified atom stereocenters. The molecule has 0 radical (unpaired) electrons. The van der Waals surface area contributed by atoms with Crippen LogP contribution in [-0.2, 0) is 13.0 Å². The first-order valence-electron chi connectivity index (χ1n) is 7.40. The van der Waals surface area contributed by atoms with Crippen LogP contribution in [0.2, 0.25) is 0 Å². The summed E-state index contributed by atoms with van der Waals surface area (Å²) in [6.45, 7) is 1.44. The summed E-state index contributed by atoms with van der Waals surface area (Å²) >= 11 is 0. The minimum Gasteiger partial charge on any atom is -0.323 e. The highest BCUT2D eigenvalue weighted by atomic mass is 16.2. The van der Waals surface area contributed by atoms with E-state index in [1.165, 1.54) is 5.56 Å². The van der Waals surface area contributed by atoms with Gasteiger partial charge in [0.2, 0.25) is 0 Å². The third kappa shape index (κ3) is 2.92. The second-order valence-electron chi connectivity index (χ2n) is 5.51. The van der Waals surface area contributed by atoms with E-state index in [9.17, 15) is 4.79 Å². The van der Waals surface area contributed by atoms with Crippen LogP contribution in [0.15, 0.2) is 54.6 Å². The fourth-order valence-corrected chi connectivity index (χ4v) is 2.86.